The lowest BCUT2D eigenvalue weighted by Gasteiger charge is -2.40. The molecular formula is C42H50N2O2. The molecule has 0 saturated heterocycles. The molecule has 3 saturated carbocycles. The number of hydrogen-bond donors (Lipinski definition) is 2. The highest BCUT2D eigenvalue weighted by molar-refractivity contribution is 5.53. The van der Waals surface area contributed by atoms with Crippen LogP contribution in [0, 0.1) is 0 Å². The number of ether oxygens (including phenoxy) is 2. The Balaban J connectivity index is 1.30. The quantitative estimate of drug-likeness (QED) is 0.194. The Morgan fingerprint density at radius 2 is 0.848 bits per heavy atom. The van der Waals surface area contributed by atoms with E-state index in [0.717, 1.165) is 34.4 Å². The van der Waals surface area contributed by atoms with Gasteiger partial charge in [0.15, 0.2) is 0 Å². The van der Waals surface area contributed by atoms with Crippen molar-refractivity contribution in [2.45, 2.75) is 114 Å². The number of hydrogen-bond acceptors (Lipinski definition) is 4. The van der Waals surface area contributed by atoms with Crippen molar-refractivity contribution in [2.75, 3.05) is 11.5 Å². The number of anilines is 2. The molecule has 3 fully saturated rings. The van der Waals surface area contributed by atoms with Crippen LogP contribution < -0.4 is 20.9 Å². The fraction of sp³-hybridized carbons (Fsp3) is 0.429. The van der Waals surface area contributed by atoms with Gasteiger partial charge in [-0.1, -0.05) is 82.1 Å². The second-order valence-electron chi connectivity index (χ2n) is 14.2. The van der Waals surface area contributed by atoms with Crippen LogP contribution in [0.4, 0.5) is 11.4 Å². The van der Waals surface area contributed by atoms with E-state index in [4.69, 9.17) is 20.9 Å². The molecule has 3 aliphatic rings. The molecule has 0 amide bonds. The highest BCUT2D eigenvalue weighted by atomic mass is 16.5. The molecule has 0 aliphatic heterocycles. The lowest BCUT2D eigenvalue weighted by molar-refractivity contribution is 0.343. The van der Waals surface area contributed by atoms with Gasteiger partial charge < -0.3 is 20.9 Å². The monoisotopic (exact) mass is 614 g/mol. The summed E-state index contributed by atoms with van der Waals surface area (Å²) >= 11 is 0. The first-order valence-corrected chi connectivity index (χ1v) is 17.9. The molecule has 4 nitrogen and oxygen atoms in total. The topological polar surface area (TPSA) is 70.5 Å². The molecule has 0 atom stereocenters. The fourth-order valence-electron chi connectivity index (χ4n) is 8.57. The molecule has 240 valence electrons. The van der Waals surface area contributed by atoms with Gasteiger partial charge in [-0.05, 0) is 133 Å². The number of benzene rings is 4. The van der Waals surface area contributed by atoms with Crippen LogP contribution in [0.15, 0.2) is 84.9 Å². The normalized spacial score (nSPS) is 19.0. The summed E-state index contributed by atoms with van der Waals surface area (Å²) in [5.74, 6) is 4.77. The van der Waals surface area contributed by atoms with E-state index in [1.165, 1.54) is 119 Å². The Kier molecular flexibility index (Phi) is 9.23. The molecule has 46 heavy (non-hydrogen) atoms. The largest absolute Gasteiger partial charge is 0.457 e. The maximum absolute atomic E-state index is 6.60. The highest BCUT2D eigenvalue weighted by Gasteiger charge is 2.38. The Bertz CT molecular complexity index is 1480. The molecule has 4 aromatic carbocycles. The molecule has 3 aliphatic carbocycles. The molecule has 0 heterocycles. The predicted octanol–water partition coefficient (Wildman–Crippen LogP) is 11.8. The van der Waals surface area contributed by atoms with Crippen molar-refractivity contribution < 1.29 is 9.47 Å². The molecule has 4 N–H and O–H groups in total. The molecule has 4 aromatic rings. The van der Waals surface area contributed by atoms with Gasteiger partial charge in [0.1, 0.15) is 23.0 Å². The van der Waals surface area contributed by atoms with Gasteiger partial charge in [-0.25, -0.2) is 0 Å². The minimum atomic E-state index is -0.00939. The van der Waals surface area contributed by atoms with Gasteiger partial charge in [-0.3, -0.25) is 0 Å². The van der Waals surface area contributed by atoms with Gasteiger partial charge in [0.2, 0.25) is 0 Å². The van der Waals surface area contributed by atoms with Crippen molar-refractivity contribution in [2.24, 2.45) is 0 Å². The van der Waals surface area contributed by atoms with Crippen LogP contribution in [0.5, 0.6) is 23.0 Å². The van der Waals surface area contributed by atoms with Crippen LogP contribution in [0.3, 0.4) is 0 Å². The molecule has 0 aromatic heterocycles. The molecule has 0 radical (unpaired) electrons. The van der Waals surface area contributed by atoms with E-state index in [-0.39, 0.29) is 5.41 Å². The number of rotatable bonds is 8. The summed E-state index contributed by atoms with van der Waals surface area (Å²) in [4.78, 5) is 0. The predicted molar refractivity (Wildman–Crippen MR) is 190 cm³/mol. The zero-order valence-electron chi connectivity index (χ0n) is 27.3. The van der Waals surface area contributed by atoms with Crippen molar-refractivity contribution in [1.29, 1.82) is 0 Å². The van der Waals surface area contributed by atoms with Crippen molar-refractivity contribution in [3.8, 4) is 23.0 Å². The van der Waals surface area contributed by atoms with E-state index in [0.29, 0.717) is 11.8 Å². The average Bonchev–Trinajstić information content (AvgIpc) is 3.11. The van der Waals surface area contributed by atoms with E-state index in [9.17, 15) is 0 Å². The second-order valence-corrected chi connectivity index (χ2v) is 14.2. The summed E-state index contributed by atoms with van der Waals surface area (Å²) in [5.41, 5.74) is 19.2. The van der Waals surface area contributed by atoms with Crippen molar-refractivity contribution >= 4 is 11.4 Å². The summed E-state index contributed by atoms with van der Waals surface area (Å²) in [5, 5.41) is 0. The maximum Gasteiger partial charge on any atom is 0.130 e. The van der Waals surface area contributed by atoms with Crippen molar-refractivity contribution in [3.63, 3.8) is 0 Å². The lowest BCUT2D eigenvalue weighted by Crippen LogP contribution is -2.31. The summed E-state index contributed by atoms with van der Waals surface area (Å²) in [6, 6.07) is 30.0. The summed E-state index contributed by atoms with van der Waals surface area (Å²) < 4.78 is 13.2. The fourth-order valence-corrected chi connectivity index (χ4v) is 8.57. The Morgan fingerprint density at radius 1 is 0.457 bits per heavy atom. The van der Waals surface area contributed by atoms with Crippen LogP contribution >= 0.6 is 0 Å². The van der Waals surface area contributed by atoms with Crippen LogP contribution in [0.1, 0.15) is 130 Å². The lowest BCUT2D eigenvalue weighted by atomic mass is 9.64. The first-order chi connectivity index (χ1) is 22.6. The summed E-state index contributed by atoms with van der Waals surface area (Å²) in [6.07, 6.45) is 19.0. The van der Waals surface area contributed by atoms with E-state index < -0.39 is 0 Å². The highest BCUT2D eigenvalue weighted by Crippen LogP contribution is 2.50. The smallest absolute Gasteiger partial charge is 0.130 e. The molecule has 7 rings (SSSR count). The Labute approximate surface area is 275 Å². The Hall–Kier alpha value is -3.92. The van der Waals surface area contributed by atoms with Crippen LogP contribution in [-0.2, 0) is 5.41 Å². The van der Waals surface area contributed by atoms with Gasteiger partial charge in [0.25, 0.3) is 0 Å². The molecule has 0 bridgehead atoms. The SMILES string of the molecule is Nc1ccc(Oc2ccc(C3(c4ccc(Oc5ccc(N)cc5)c(C5CCCCC5)c4)CCCCC3)cc2C2CCCCC2)cc1. The maximum atomic E-state index is 6.60. The van der Waals surface area contributed by atoms with E-state index >= 15 is 0 Å². The molecule has 0 spiro atoms. The van der Waals surface area contributed by atoms with Gasteiger partial charge >= 0.3 is 0 Å². The first kappa shape index (κ1) is 30.7. The molecular weight excluding hydrogens is 564 g/mol. The van der Waals surface area contributed by atoms with Crippen LogP contribution in [0.25, 0.3) is 0 Å². The Morgan fingerprint density at radius 3 is 1.26 bits per heavy atom. The van der Waals surface area contributed by atoms with E-state index in [2.05, 4.69) is 36.4 Å². The minimum absolute atomic E-state index is 0.00939. The van der Waals surface area contributed by atoms with Gasteiger partial charge in [0.05, 0.1) is 0 Å². The standard InChI is InChI=1S/C42H50N2O2/c43-34-16-20-36(21-17-34)45-40-24-14-32(28-38(40)30-10-4-1-5-11-30)42(26-8-3-9-27-42)33-15-25-41(46-37-22-18-35(44)19-23-37)39(29-33)31-12-6-2-7-13-31/h14-25,28-31H,1-13,26-27,43-44H2. The second kappa shape index (κ2) is 13.8. The summed E-state index contributed by atoms with van der Waals surface area (Å²) in [6.45, 7) is 0. The third-order valence-electron chi connectivity index (χ3n) is 11.1. The van der Waals surface area contributed by atoms with Gasteiger partial charge in [0, 0.05) is 16.8 Å². The third kappa shape index (κ3) is 6.63. The first-order valence-electron chi connectivity index (χ1n) is 17.9. The van der Waals surface area contributed by atoms with E-state index in [1.54, 1.807) is 0 Å². The zero-order valence-corrected chi connectivity index (χ0v) is 27.3. The van der Waals surface area contributed by atoms with E-state index in [1.807, 2.05) is 48.5 Å². The molecule has 4 heteroatoms. The van der Waals surface area contributed by atoms with Crippen LogP contribution in [0.2, 0.25) is 0 Å². The van der Waals surface area contributed by atoms with Crippen molar-refractivity contribution in [1.82, 2.24) is 0 Å². The number of nitrogens with two attached hydrogens (primary N) is 2. The zero-order chi connectivity index (χ0) is 31.3. The molecule has 0 unspecified atom stereocenters. The third-order valence-corrected chi connectivity index (χ3v) is 11.1. The number of nitrogen functional groups attached to an aromatic ring is 2. The minimum Gasteiger partial charge on any atom is -0.457 e. The summed E-state index contributed by atoms with van der Waals surface area (Å²) in [7, 11) is 0. The van der Waals surface area contributed by atoms with Gasteiger partial charge in [-0.2, -0.15) is 0 Å². The van der Waals surface area contributed by atoms with Gasteiger partial charge in [-0.15, -0.1) is 0 Å². The van der Waals surface area contributed by atoms with Crippen molar-refractivity contribution in [3.05, 3.63) is 107 Å². The van der Waals surface area contributed by atoms with Crippen LogP contribution in [-0.4, -0.2) is 0 Å². The average molecular weight is 615 g/mol.